The van der Waals surface area contributed by atoms with E-state index in [0.29, 0.717) is 5.84 Å². The molecule has 0 aromatic heterocycles. The SMILES string of the molecule is CCCN(CC)CCCC(=N)N. The molecule has 0 amide bonds. The van der Waals surface area contributed by atoms with Gasteiger partial charge in [0.1, 0.15) is 0 Å². The van der Waals surface area contributed by atoms with Crippen LogP contribution in [-0.4, -0.2) is 30.4 Å². The molecule has 72 valence electrons. The van der Waals surface area contributed by atoms with Gasteiger partial charge in [-0.05, 0) is 32.5 Å². The van der Waals surface area contributed by atoms with E-state index in [2.05, 4.69) is 18.7 Å². The summed E-state index contributed by atoms with van der Waals surface area (Å²) in [4.78, 5) is 2.39. The standard InChI is InChI=1S/C9H21N3/c1-3-7-12(4-2)8-5-6-9(10)11/h3-8H2,1-2H3,(H3,10,11). The van der Waals surface area contributed by atoms with Gasteiger partial charge in [0, 0.05) is 6.42 Å². The Morgan fingerprint density at radius 1 is 1.33 bits per heavy atom. The van der Waals surface area contributed by atoms with E-state index in [0.717, 1.165) is 32.5 Å². The van der Waals surface area contributed by atoms with Crippen molar-refractivity contribution in [2.75, 3.05) is 19.6 Å². The molecule has 3 N–H and O–H groups in total. The third-order valence-corrected chi connectivity index (χ3v) is 1.91. The average Bonchev–Trinajstić information content (AvgIpc) is 2.02. The first-order valence-electron chi connectivity index (χ1n) is 4.76. The Morgan fingerprint density at radius 2 is 2.00 bits per heavy atom. The second-order valence-electron chi connectivity index (χ2n) is 3.06. The fourth-order valence-corrected chi connectivity index (χ4v) is 1.24. The lowest BCUT2D eigenvalue weighted by Crippen LogP contribution is -2.26. The minimum Gasteiger partial charge on any atom is -0.388 e. The van der Waals surface area contributed by atoms with Gasteiger partial charge in [0.25, 0.3) is 0 Å². The Bertz CT molecular complexity index is 123. The van der Waals surface area contributed by atoms with Gasteiger partial charge in [-0.1, -0.05) is 13.8 Å². The van der Waals surface area contributed by atoms with Gasteiger partial charge in [0.15, 0.2) is 0 Å². The number of nitrogens with zero attached hydrogens (tertiary/aromatic N) is 1. The summed E-state index contributed by atoms with van der Waals surface area (Å²) in [6.45, 7) is 7.70. The van der Waals surface area contributed by atoms with Gasteiger partial charge in [-0.15, -0.1) is 0 Å². The summed E-state index contributed by atoms with van der Waals surface area (Å²) in [5, 5.41) is 7.06. The van der Waals surface area contributed by atoms with E-state index in [4.69, 9.17) is 11.1 Å². The summed E-state index contributed by atoms with van der Waals surface area (Å²) >= 11 is 0. The van der Waals surface area contributed by atoms with Gasteiger partial charge >= 0.3 is 0 Å². The Kier molecular flexibility index (Phi) is 6.76. The molecule has 0 fully saturated rings. The van der Waals surface area contributed by atoms with Gasteiger partial charge in [0.05, 0.1) is 5.84 Å². The van der Waals surface area contributed by atoms with E-state index < -0.39 is 0 Å². The zero-order chi connectivity index (χ0) is 9.40. The Balaban J connectivity index is 3.37. The largest absolute Gasteiger partial charge is 0.388 e. The van der Waals surface area contributed by atoms with Crippen LogP contribution in [-0.2, 0) is 0 Å². The number of nitrogens with one attached hydrogen (secondary N) is 1. The van der Waals surface area contributed by atoms with Crippen LogP contribution >= 0.6 is 0 Å². The van der Waals surface area contributed by atoms with Crippen LogP contribution in [0.5, 0.6) is 0 Å². The van der Waals surface area contributed by atoms with Crippen LogP contribution in [0.1, 0.15) is 33.1 Å². The molecule has 0 saturated carbocycles. The molecule has 0 spiro atoms. The van der Waals surface area contributed by atoms with Gasteiger partial charge in [-0.2, -0.15) is 0 Å². The highest BCUT2D eigenvalue weighted by Gasteiger charge is 1.99. The molecule has 0 atom stereocenters. The van der Waals surface area contributed by atoms with Crippen molar-refractivity contribution in [1.29, 1.82) is 5.41 Å². The minimum atomic E-state index is 0.308. The third kappa shape index (κ3) is 6.16. The summed E-state index contributed by atoms with van der Waals surface area (Å²) in [5.41, 5.74) is 5.26. The van der Waals surface area contributed by atoms with Crippen molar-refractivity contribution in [3.05, 3.63) is 0 Å². The fraction of sp³-hybridized carbons (Fsp3) is 0.889. The molecule has 0 rings (SSSR count). The van der Waals surface area contributed by atoms with Crippen molar-refractivity contribution in [2.45, 2.75) is 33.1 Å². The molecule has 3 heteroatoms. The third-order valence-electron chi connectivity index (χ3n) is 1.91. The van der Waals surface area contributed by atoms with E-state index in [-0.39, 0.29) is 0 Å². The monoisotopic (exact) mass is 171 g/mol. The lowest BCUT2D eigenvalue weighted by atomic mass is 10.2. The minimum absolute atomic E-state index is 0.308. The molecule has 0 aliphatic rings. The molecule has 0 aliphatic heterocycles. The smallest absolute Gasteiger partial charge is 0.0905 e. The first-order chi connectivity index (χ1) is 5.70. The summed E-state index contributed by atoms with van der Waals surface area (Å²) in [5.74, 6) is 0.308. The van der Waals surface area contributed by atoms with Crippen LogP contribution in [0.4, 0.5) is 0 Å². The maximum absolute atomic E-state index is 7.06. The molecular weight excluding hydrogens is 150 g/mol. The maximum atomic E-state index is 7.06. The predicted octanol–water partition coefficient (Wildman–Crippen LogP) is 1.43. The van der Waals surface area contributed by atoms with E-state index >= 15 is 0 Å². The summed E-state index contributed by atoms with van der Waals surface area (Å²) < 4.78 is 0. The van der Waals surface area contributed by atoms with Gasteiger partial charge in [0.2, 0.25) is 0 Å². The first kappa shape index (κ1) is 11.4. The van der Waals surface area contributed by atoms with Crippen molar-refractivity contribution in [1.82, 2.24) is 4.90 Å². The Morgan fingerprint density at radius 3 is 2.42 bits per heavy atom. The Labute approximate surface area is 75.4 Å². The van der Waals surface area contributed by atoms with Gasteiger partial charge in [-0.3, -0.25) is 5.41 Å². The van der Waals surface area contributed by atoms with Crippen LogP contribution in [0.3, 0.4) is 0 Å². The zero-order valence-electron chi connectivity index (χ0n) is 8.27. The number of amidine groups is 1. The van der Waals surface area contributed by atoms with Crippen molar-refractivity contribution >= 4 is 5.84 Å². The molecule has 3 nitrogen and oxygen atoms in total. The molecule has 0 aromatic rings. The van der Waals surface area contributed by atoms with E-state index in [1.165, 1.54) is 6.42 Å². The molecule has 0 aromatic carbocycles. The van der Waals surface area contributed by atoms with Crippen LogP contribution in [0.2, 0.25) is 0 Å². The van der Waals surface area contributed by atoms with E-state index in [9.17, 15) is 0 Å². The number of hydrogen-bond donors (Lipinski definition) is 2. The maximum Gasteiger partial charge on any atom is 0.0905 e. The van der Waals surface area contributed by atoms with Crippen molar-refractivity contribution in [3.8, 4) is 0 Å². The molecule has 0 unspecified atom stereocenters. The molecule has 0 radical (unpaired) electrons. The lowest BCUT2D eigenvalue weighted by Gasteiger charge is -2.18. The molecular formula is C9H21N3. The molecule has 0 aliphatic carbocycles. The highest BCUT2D eigenvalue weighted by molar-refractivity contribution is 5.76. The topological polar surface area (TPSA) is 53.1 Å². The quantitative estimate of drug-likeness (QED) is 0.450. The van der Waals surface area contributed by atoms with Crippen LogP contribution in [0.15, 0.2) is 0 Å². The number of rotatable bonds is 7. The van der Waals surface area contributed by atoms with Crippen molar-refractivity contribution < 1.29 is 0 Å². The second-order valence-corrected chi connectivity index (χ2v) is 3.06. The Hall–Kier alpha value is -0.570. The molecule has 0 heterocycles. The van der Waals surface area contributed by atoms with E-state index in [1.807, 2.05) is 0 Å². The summed E-state index contributed by atoms with van der Waals surface area (Å²) in [7, 11) is 0. The van der Waals surface area contributed by atoms with Crippen molar-refractivity contribution in [3.63, 3.8) is 0 Å². The summed E-state index contributed by atoms with van der Waals surface area (Å²) in [6.07, 6.45) is 2.96. The average molecular weight is 171 g/mol. The lowest BCUT2D eigenvalue weighted by molar-refractivity contribution is 0.287. The zero-order valence-corrected chi connectivity index (χ0v) is 8.27. The van der Waals surface area contributed by atoms with Gasteiger partial charge < -0.3 is 10.6 Å². The van der Waals surface area contributed by atoms with Crippen LogP contribution in [0.25, 0.3) is 0 Å². The molecule has 0 bridgehead atoms. The summed E-state index contributed by atoms with van der Waals surface area (Å²) in [6, 6.07) is 0. The first-order valence-corrected chi connectivity index (χ1v) is 4.76. The van der Waals surface area contributed by atoms with Crippen LogP contribution in [0, 0.1) is 5.41 Å². The molecule has 0 saturated heterocycles. The second kappa shape index (κ2) is 7.10. The fourth-order valence-electron chi connectivity index (χ4n) is 1.24. The highest BCUT2D eigenvalue weighted by Crippen LogP contribution is 1.95. The van der Waals surface area contributed by atoms with Crippen LogP contribution < -0.4 is 5.73 Å². The normalized spacial score (nSPS) is 10.6. The van der Waals surface area contributed by atoms with Gasteiger partial charge in [-0.25, -0.2) is 0 Å². The number of nitrogens with two attached hydrogens (primary N) is 1. The molecule has 12 heavy (non-hydrogen) atoms. The predicted molar refractivity (Wildman–Crippen MR) is 53.6 cm³/mol. The van der Waals surface area contributed by atoms with Crippen molar-refractivity contribution in [2.24, 2.45) is 5.73 Å². The van der Waals surface area contributed by atoms with E-state index in [1.54, 1.807) is 0 Å². The highest BCUT2D eigenvalue weighted by atomic mass is 15.1. The number of hydrogen-bond acceptors (Lipinski definition) is 2.